The summed E-state index contributed by atoms with van der Waals surface area (Å²) in [7, 11) is 0. The molecular weight excluding hydrogens is 496 g/mol. The van der Waals surface area contributed by atoms with Crippen molar-refractivity contribution in [3.05, 3.63) is 54.6 Å². The number of unbranched alkanes of at least 4 members (excludes halogenated alkanes) is 2. The predicted molar refractivity (Wildman–Crippen MR) is 140 cm³/mol. The Morgan fingerprint density at radius 3 is 2.73 bits per heavy atom. The number of halogens is 1. The first-order valence-electron chi connectivity index (χ1n) is 12.9. The van der Waals surface area contributed by atoms with E-state index in [1.807, 2.05) is 0 Å². The van der Waals surface area contributed by atoms with E-state index in [4.69, 9.17) is 21.1 Å². The summed E-state index contributed by atoms with van der Waals surface area (Å²) < 4.78 is 12.0. The van der Waals surface area contributed by atoms with Crippen LogP contribution in [0.15, 0.2) is 49.6 Å². The number of nitrogens with zero attached hydrogens (tertiary/aromatic N) is 2. The summed E-state index contributed by atoms with van der Waals surface area (Å²) in [6.45, 7) is 8.17. The number of ether oxygens (including phenoxy) is 2. The van der Waals surface area contributed by atoms with Gasteiger partial charge < -0.3 is 24.4 Å². The minimum absolute atomic E-state index is 0.0182. The van der Waals surface area contributed by atoms with Crippen molar-refractivity contribution in [2.45, 2.75) is 56.3 Å². The van der Waals surface area contributed by atoms with Gasteiger partial charge in [0.2, 0.25) is 5.91 Å². The molecule has 1 aromatic carbocycles. The van der Waals surface area contributed by atoms with Gasteiger partial charge in [-0.3, -0.25) is 14.4 Å². The number of rotatable bonds is 13. The molecule has 0 aromatic heterocycles. The summed E-state index contributed by atoms with van der Waals surface area (Å²) in [6.07, 6.45) is 6.34. The van der Waals surface area contributed by atoms with Gasteiger partial charge in [0.15, 0.2) is 0 Å². The van der Waals surface area contributed by atoms with Crippen LogP contribution in [0.3, 0.4) is 0 Å². The average molecular weight is 531 g/mol. The molecule has 1 spiro atoms. The fourth-order valence-electron chi connectivity index (χ4n) is 6.09. The standard InChI is InChI=1S/C28H35ClN2O6/c1-3-5-10-18-36-27(35)22-21-13-14-28(37-21)23(22)25(33)31(16-8-9-17-32)24(28)26(34)30(15-4-2)20-12-7-6-11-19(20)29/h3-4,6-7,11-12,21-24,32H,1-2,5,8-10,13-18H2/t21-,22+,23+,24?,28?/m1/s1. The van der Waals surface area contributed by atoms with E-state index in [0.29, 0.717) is 42.8 Å². The molecule has 8 nitrogen and oxygen atoms in total. The van der Waals surface area contributed by atoms with Crippen molar-refractivity contribution in [2.24, 2.45) is 11.8 Å². The Hall–Kier alpha value is -2.68. The minimum Gasteiger partial charge on any atom is -0.465 e. The highest BCUT2D eigenvalue weighted by molar-refractivity contribution is 6.34. The lowest BCUT2D eigenvalue weighted by Gasteiger charge is -2.37. The number of carbonyl (C=O) groups excluding carboxylic acids is 3. The number of aliphatic hydroxyl groups is 1. The van der Waals surface area contributed by atoms with E-state index in [-0.39, 0.29) is 38.1 Å². The van der Waals surface area contributed by atoms with Gasteiger partial charge in [-0.15, -0.1) is 13.2 Å². The van der Waals surface area contributed by atoms with Crippen LogP contribution in [0.5, 0.6) is 0 Å². The number of likely N-dealkylation sites (tertiary alicyclic amines) is 1. The molecule has 5 atom stereocenters. The molecule has 0 radical (unpaired) electrons. The summed E-state index contributed by atoms with van der Waals surface area (Å²) in [5.41, 5.74) is -0.605. The summed E-state index contributed by atoms with van der Waals surface area (Å²) in [5, 5.41) is 9.73. The number of hydrogen-bond acceptors (Lipinski definition) is 6. The third-order valence-corrected chi connectivity index (χ3v) is 7.95. The summed E-state index contributed by atoms with van der Waals surface area (Å²) in [6, 6.07) is 6.10. The fraction of sp³-hybridized carbons (Fsp3) is 0.536. The largest absolute Gasteiger partial charge is 0.465 e. The molecule has 0 aliphatic carbocycles. The number of carbonyl (C=O) groups is 3. The number of para-hydroxylation sites is 1. The van der Waals surface area contributed by atoms with Gasteiger partial charge in [0.05, 0.1) is 35.3 Å². The number of aliphatic hydroxyl groups excluding tert-OH is 1. The molecular formula is C28H35ClN2O6. The molecule has 0 saturated carbocycles. The van der Waals surface area contributed by atoms with Crippen molar-refractivity contribution in [2.75, 3.05) is 31.2 Å². The molecule has 2 bridgehead atoms. The smallest absolute Gasteiger partial charge is 0.312 e. The molecule has 37 heavy (non-hydrogen) atoms. The maximum atomic E-state index is 14.3. The second-order valence-electron chi connectivity index (χ2n) is 9.81. The first-order chi connectivity index (χ1) is 17.9. The van der Waals surface area contributed by atoms with Gasteiger partial charge in [0.25, 0.3) is 5.91 Å². The number of hydrogen-bond donors (Lipinski definition) is 1. The first kappa shape index (κ1) is 27.4. The predicted octanol–water partition coefficient (Wildman–Crippen LogP) is 3.52. The second kappa shape index (κ2) is 11.8. The molecule has 3 fully saturated rings. The van der Waals surface area contributed by atoms with Gasteiger partial charge in [-0.25, -0.2) is 0 Å². The second-order valence-corrected chi connectivity index (χ2v) is 10.2. The molecule has 4 rings (SSSR count). The van der Waals surface area contributed by atoms with Crippen molar-refractivity contribution in [1.82, 2.24) is 4.90 Å². The Labute approximate surface area is 222 Å². The van der Waals surface area contributed by atoms with Crippen LogP contribution in [-0.4, -0.2) is 71.8 Å². The minimum atomic E-state index is -1.12. The Bertz CT molecular complexity index is 1050. The molecule has 9 heteroatoms. The Morgan fingerprint density at radius 2 is 2.03 bits per heavy atom. The van der Waals surface area contributed by atoms with Crippen LogP contribution in [0.2, 0.25) is 5.02 Å². The first-order valence-corrected chi connectivity index (χ1v) is 13.3. The molecule has 3 saturated heterocycles. The van der Waals surface area contributed by atoms with Gasteiger partial charge in [-0.05, 0) is 50.7 Å². The Balaban J connectivity index is 1.69. The zero-order valence-electron chi connectivity index (χ0n) is 21.0. The van der Waals surface area contributed by atoms with Crippen LogP contribution in [-0.2, 0) is 23.9 Å². The van der Waals surface area contributed by atoms with Crippen LogP contribution < -0.4 is 4.90 Å². The number of anilines is 1. The fourth-order valence-corrected chi connectivity index (χ4v) is 6.32. The highest BCUT2D eigenvalue weighted by atomic mass is 35.5. The highest BCUT2D eigenvalue weighted by Crippen LogP contribution is 2.59. The van der Waals surface area contributed by atoms with E-state index in [0.717, 1.165) is 6.42 Å². The lowest BCUT2D eigenvalue weighted by Crippen LogP contribution is -2.56. The number of benzene rings is 1. The molecule has 3 aliphatic rings. The quantitative estimate of drug-likeness (QED) is 0.238. The van der Waals surface area contributed by atoms with E-state index in [9.17, 15) is 19.5 Å². The van der Waals surface area contributed by atoms with Crippen LogP contribution >= 0.6 is 11.6 Å². The normalized spacial score (nSPS) is 27.7. The van der Waals surface area contributed by atoms with Gasteiger partial charge >= 0.3 is 5.97 Å². The van der Waals surface area contributed by atoms with Gasteiger partial charge in [-0.1, -0.05) is 35.9 Å². The SMILES string of the molecule is C=CCCCOC(=O)[C@@H]1[C@H]2C(=O)N(CCCCO)C(C(=O)N(CC=C)c3ccccc3Cl)C23CC[C@H]1O3. The van der Waals surface area contributed by atoms with Crippen LogP contribution in [0.4, 0.5) is 5.69 Å². The maximum absolute atomic E-state index is 14.3. The molecule has 3 aliphatic heterocycles. The third-order valence-electron chi connectivity index (χ3n) is 7.63. The van der Waals surface area contributed by atoms with E-state index >= 15 is 0 Å². The van der Waals surface area contributed by atoms with Crippen molar-refractivity contribution < 1.29 is 29.0 Å². The zero-order chi connectivity index (χ0) is 26.6. The van der Waals surface area contributed by atoms with E-state index in [1.165, 1.54) is 4.90 Å². The Kier molecular flexibility index (Phi) is 8.72. The van der Waals surface area contributed by atoms with Crippen LogP contribution in [0.1, 0.15) is 38.5 Å². The van der Waals surface area contributed by atoms with Crippen molar-refractivity contribution >= 4 is 35.1 Å². The van der Waals surface area contributed by atoms with Gasteiger partial charge in [-0.2, -0.15) is 0 Å². The van der Waals surface area contributed by atoms with E-state index in [2.05, 4.69) is 13.2 Å². The van der Waals surface area contributed by atoms with Crippen LogP contribution in [0.25, 0.3) is 0 Å². The maximum Gasteiger partial charge on any atom is 0.312 e. The molecule has 3 heterocycles. The molecule has 1 N–H and O–H groups in total. The lowest BCUT2D eigenvalue weighted by atomic mass is 9.70. The summed E-state index contributed by atoms with van der Waals surface area (Å²) >= 11 is 6.46. The summed E-state index contributed by atoms with van der Waals surface area (Å²) in [4.78, 5) is 44.4. The number of esters is 1. The average Bonchev–Trinajstić information content (AvgIpc) is 3.53. The lowest BCUT2D eigenvalue weighted by molar-refractivity contribution is -0.155. The zero-order valence-corrected chi connectivity index (χ0v) is 21.8. The molecule has 200 valence electrons. The van der Waals surface area contributed by atoms with Crippen molar-refractivity contribution in [3.63, 3.8) is 0 Å². The van der Waals surface area contributed by atoms with E-state index < -0.39 is 35.6 Å². The van der Waals surface area contributed by atoms with Gasteiger partial charge in [0.1, 0.15) is 11.6 Å². The Morgan fingerprint density at radius 1 is 1.24 bits per heavy atom. The van der Waals surface area contributed by atoms with E-state index in [1.54, 1.807) is 41.3 Å². The number of allylic oxidation sites excluding steroid dienone is 1. The summed E-state index contributed by atoms with van der Waals surface area (Å²) in [5.74, 6) is -2.60. The van der Waals surface area contributed by atoms with Crippen LogP contribution in [0, 0.1) is 11.8 Å². The van der Waals surface area contributed by atoms with Gasteiger partial charge in [0, 0.05) is 19.7 Å². The number of amides is 2. The molecule has 2 amide bonds. The monoisotopic (exact) mass is 530 g/mol. The third kappa shape index (κ3) is 4.94. The molecule has 2 unspecified atom stereocenters. The van der Waals surface area contributed by atoms with Crippen molar-refractivity contribution in [1.29, 1.82) is 0 Å². The van der Waals surface area contributed by atoms with Crippen molar-refractivity contribution in [3.8, 4) is 0 Å². The topological polar surface area (TPSA) is 96.4 Å². The highest BCUT2D eigenvalue weighted by Gasteiger charge is 2.75. The molecule has 1 aromatic rings. The number of fused-ring (bicyclic) bond motifs is 1.